The Bertz CT molecular complexity index is 1250. The van der Waals surface area contributed by atoms with E-state index >= 15 is 0 Å². The molecule has 2 aromatic heterocycles. The van der Waals surface area contributed by atoms with Gasteiger partial charge in [-0.25, -0.2) is 14.7 Å². The first-order valence-corrected chi connectivity index (χ1v) is 10.5. The van der Waals surface area contributed by atoms with Crippen LogP contribution in [0.2, 0.25) is 0 Å². The number of hydrogen-bond donors (Lipinski definition) is 2. The van der Waals surface area contributed by atoms with Crippen molar-refractivity contribution >= 4 is 21.7 Å². The fraction of sp³-hybridized carbons (Fsp3) is 0.150. The van der Waals surface area contributed by atoms with Crippen LogP contribution in [0.4, 0.5) is 19.0 Å². The molecule has 0 spiro atoms. The van der Waals surface area contributed by atoms with E-state index in [9.17, 15) is 26.4 Å². The Labute approximate surface area is 181 Å². The van der Waals surface area contributed by atoms with Gasteiger partial charge in [0.15, 0.2) is 5.03 Å². The number of rotatable bonds is 6. The van der Waals surface area contributed by atoms with Crippen molar-refractivity contribution in [1.82, 2.24) is 14.7 Å². The van der Waals surface area contributed by atoms with Crippen LogP contribution >= 0.6 is 0 Å². The van der Waals surface area contributed by atoms with Gasteiger partial charge in [-0.15, -0.1) is 0 Å². The molecule has 32 heavy (non-hydrogen) atoms. The van der Waals surface area contributed by atoms with Crippen molar-refractivity contribution in [2.24, 2.45) is 0 Å². The molecule has 1 aromatic carbocycles. The van der Waals surface area contributed by atoms with E-state index in [2.05, 4.69) is 9.97 Å². The zero-order valence-corrected chi connectivity index (χ0v) is 17.3. The number of nitrogen functional groups attached to an aromatic ring is 1. The number of halogens is 3. The van der Waals surface area contributed by atoms with Gasteiger partial charge in [0.25, 0.3) is 15.9 Å². The van der Waals surface area contributed by atoms with Crippen LogP contribution in [0.15, 0.2) is 65.8 Å². The van der Waals surface area contributed by atoms with Crippen LogP contribution in [-0.4, -0.2) is 24.3 Å². The Morgan fingerprint density at radius 2 is 1.81 bits per heavy atom. The van der Waals surface area contributed by atoms with E-state index in [0.29, 0.717) is 0 Å². The van der Waals surface area contributed by atoms with Gasteiger partial charge in [-0.3, -0.25) is 4.79 Å². The molecule has 0 saturated carbocycles. The molecular formula is C20H17F3N4O4S. The minimum absolute atomic E-state index is 0.0668. The Morgan fingerprint density at radius 3 is 2.50 bits per heavy atom. The minimum Gasteiger partial charge on any atom is -0.469 e. The molecule has 0 radical (unpaired) electrons. The van der Waals surface area contributed by atoms with Crippen molar-refractivity contribution in [1.29, 1.82) is 0 Å². The third-order valence-electron chi connectivity index (χ3n) is 4.26. The number of nitrogens with two attached hydrogens (primary N) is 1. The molecule has 1 amide bonds. The number of pyridine rings is 2. The summed E-state index contributed by atoms with van der Waals surface area (Å²) in [5.74, 6) is -1.51. The number of carbonyl (C=O) groups excluding carboxylic acids is 1. The largest absolute Gasteiger partial charge is 0.469 e. The van der Waals surface area contributed by atoms with E-state index in [1.165, 1.54) is 55.6 Å². The fourth-order valence-electron chi connectivity index (χ4n) is 2.81. The van der Waals surface area contributed by atoms with E-state index in [4.69, 9.17) is 10.5 Å². The Morgan fingerprint density at radius 1 is 1.09 bits per heavy atom. The van der Waals surface area contributed by atoms with Gasteiger partial charge < -0.3 is 10.5 Å². The summed E-state index contributed by atoms with van der Waals surface area (Å²) >= 11 is 0. The molecule has 0 aliphatic carbocycles. The van der Waals surface area contributed by atoms with Crippen LogP contribution in [0.1, 0.15) is 34.5 Å². The molecule has 0 saturated heterocycles. The number of hydrogen-bond acceptors (Lipinski definition) is 7. The molecule has 0 fully saturated rings. The molecule has 2 heterocycles. The van der Waals surface area contributed by atoms with Crippen molar-refractivity contribution in [2.45, 2.75) is 24.2 Å². The smallest absolute Gasteiger partial charge is 0.416 e. The number of sulfonamides is 1. The first kappa shape index (κ1) is 23.0. The number of amides is 1. The summed E-state index contributed by atoms with van der Waals surface area (Å²) in [5.41, 5.74) is 4.11. The Balaban J connectivity index is 1.88. The standard InChI is InChI=1S/C20H17F3N4O4S/c1-12(13-6-2-3-8-15(13)20(21,22)23)31-19-14(7-5-11-25-19)18(28)27-32(29,30)17-10-4-9-16(24)26-17/h2-12H,1H3,(H2,24,26)(H,27,28). The van der Waals surface area contributed by atoms with Crippen LogP contribution in [-0.2, 0) is 16.2 Å². The average molecular weight is 466 g/mol. The summed E-state index contributed by atoms with van der Waals surface area (Å²) in [5, 5.41) is -0.482. The molecule has 3 rings (SSSR count). The van der Waals surface area contributed by atoms with Gasteiger partial charge in [0.2, 0.25) is 5.88 Å². The second-order valence-corrected chi connectivity index (χ2v) is 8.17. The van der Waals surface area contributed by atoms with Crippen LogP contribution in [0.25, 0.3) is 0 Å². The predicted octanol–water partition coefficient (Wildman–Crippen LogP) is 3.34. The van der Waals surface area contributed by atoms with Crippen LogP contribution in [0.5, 0.6) is 5.88 Å². The monoisotopic (exact) mass is 466 g/mol. The second kappa shape index (κ2) is 8.83. The highest BCUT2D eigenvalue weighted by molar-refractivity contribution is 7.90. The maximum Gasteiger partial charge on any atom is 0.416 e. The number of alkyl halides is 3. The normalized spacial score (nSPS) is 12.8. The number of aromatic nitrogens is 2. The van der Waals surface area contributed by atoms with Gasteiger partial charge >= 0.3 is 6.18 Å². The molecule has 3 N–H and O–H groups in total. The molecule has 1 atom stereocenters. The maximum absolute atomic E-state index is 13.3. The van der Waals surface area contributed by atoms with Gasteiger partial charge in [-0.1, -0.05) is 24.3 Å². The average Bonchev–Trinajstić information content (AvgIpc) is 2.73. The number of carbonyl (C=O) groups is 1. The summed E-state index contributed by atoms with van der Waals surface area (Å²) in [6, 6.07) is 11.2. The van der Waals surface area contributed by atoms with Crippen molar-refractivity contribution in [2.75, 3.05) is 5.73 Å². The third-order valence-corrected chi connectivity index (χ3v) is 5.49. The van der Waals surface area contributed by atoms with E-state index in [1.807, 2.05) is 4.72 Å². The minimum atomic E-state index is -4.61. The van der Waals surface area contributed by atoms with Crippen LogP contribution in [0.3, 0.4) is 0 Å². The van der Waals surface area contributed by atoms with Crippen molar-refractivity contribution in [3.63, 3.8) is 0 Å². The second-order valence-electron chi connectivity index (χ2n) is 6.54. The molecule has 1 unspecified atom stereocenters. The number of anilines is 1. The predicted molar refractivity (Wildman–Crippen MR) is 108 cm³/mol. The molecule has 0 bridgehead atoms. The first-order chi connectivity index (χ1) is 15.0. The quantitative estimate of drug-likeness (QED) is 0.571. The lowest BCUT2D eigenvalue weighted by Crippen LogP contribution is -2.31. The first-order valence-electron chi connectivity index (χ1n) is 9.06. The number of nitrogens with one attached hydrogen (secondary N) is 1. The summed E-state index contributed by atoms with van der Waals surface area (Å²) in [4.78, 5) is 20.2. The third kappa shape index (κ3) is 5.14. The molecule has 12 heteroatoms. The molecule has 8 nitrogen and oxygen atoms in total. The van der Waals surface area contributed by atoms with Gasteiger partial charge in [0.05, 0.1) is 5.56 Å². The molecular weight excluding hydrogens is 449 g/mol. The maximum atomic E-state index is 13.3. The number of nitrogens with zero attached hydrogens (tertiary/aromatic N) is 2. The zero-order valence-electron chi connectivity index (χ0n) is 16.5. The summed E-state index contributed by atoms with van der Waals surface area (Å²) in [7, 11) is -4.38. The summed E-state index contributed by atoms with van der Waals surface area (Å²) in [6.07, 6.45) is -4.51. The molecule has 168 valence electrons. The highest BCUT2D eigenvalue weighted by Crippen LogP contribution is 2.36. The van der Waals surface area contributed by atoms with Crippen LogP contribution in [0, 0.1) is 0 Å². The van der Waals surface area contributed by atoms with Gasteiger partial charge in [-0.05, 0) is 37.3 Å². The SMILES string of the molecule is CC(Oc1ncccc1C(=O)NS(=O)(=O)c1cccc(N)n1)c1ccccc1C(F)(F)F. The van der Waals surface area contributed by atoms with Crippen molar-refractivity contribution in [3.8, 4) is 5.88 Å². The van der Waals surface area contributed by atoms with E-state index in [1.54, 1.807) is 0 Å². The molecule has 3 aromatic rings. The lowest BCUT2D eigenvalue weighted by Gasteiger charge is -2.20. The van der Waals surface area contributed by atoms with Crippen molar-refractivity contribution in [3.05, 3.63) is 77.5 Å². The van der Waals surface area contributed by atoms with Gasteiger partial charge in [0.1, 0.15) is 17.5 Å². The lowest BCUT2D eigenvalue weighted by molar-refractivity contribution is -0.139. The Kier molecular flexibility index (Phi) is 6.35. The topological polar surface area (TPSA) is 124 Å². The van der Waals surface area contributed by atoms with E-state index in [-0.39, 0.29) is 22.8 Å². The summed E-state index contributed by atoms with van der Waals surface area (Å²) in [6.45, 7) is 1.36. The van der Waals surface area contributed by atoms with Gasteiger partial charge in [-0.2, -0.15) is 21.6 Å². The molecule has 0 aliphatic heterocycles. The number of benzene rings is 1. The van der Waals surface area contributed by atoms with E-state index < -0.39 is 38.8 Å². The zero-order chi connectivity index (χ0) is 23.5. The fourth-order valence-corrected chi connectivity index (χ4v) is 3.75. The van der Waals surface area contributed by atoms with E-state index in [0.717, 1.165) is 12.1 Å². The highest BCUT2D eigenvalue weighted by atomic mass is 32.2. The molecule has 0 aliphatic rings. The summed E-state index contributed by atoms with van der Waals surface area (Å²) < 4.78 is 72.2. The lowest BCUT2D eigenvalue weighted by atomic mass is 10.0. The van der Waals surface area contributed by atoms with Crippen LogP contribution < -0.4 is 15.2 Å². The van der Waals surface area contributed by atoms with Crippen molar-refractivity contribution < 1.29 is 31.1 Å². The van der Waals surface area contributed by atoms with Gasteiger partial charge in [0, 0.05) is 11.8 Å². The highest BCUT2D eigenvalue weighted by Gasteiger charge is 2.35. The number of ether oxygens (including phenoxy) is 1. The Hall–Kier alpha value is -3.67.